The van der Waals surface area contributed by atoms with Crippen molar-refractivity contribution >= 4 is 45.4 Å². The number of nitrogens with two attached hydrogens (primary N) is 1. The molecule has 2 amide bonds. The molecule has 0 saturated carbocycles. The molecule has 0 aromatic heterocycles. The number of amides is 2. The quantitative estimate of drug-likeness (QED) is 0.249. The third kappa shape index (κ3) is 5.86. The van der Waals surface area contributed by atoms with Gasteiger partial charge >= 0.3 is 5.97 Å². The molecule has 9 nitrogen and oxygen atoms in total. The van der Waals surface area contributed by atoms with Gasteiger partial charge in [0, 0.05) is 35.4 Å². The minimum atomic E-state index is -1.05. The summed E-state index contributed by atoms with van der Waals surface area (Å²) in [6.45, 7) is 5.49. The van der Waals surface area contributed by atoms with Crippen molar-refractivity contribution in [1.82, 2.24) is 9.80 Å². The van der Waals surface area contributed by atoms with E-state index in [4.69, 9.17) is 16.2 Å². The van der Waals surface area contributed by atoms with E-state index in [1.165, 1.54) is 24.3 Å². The van der Waals surface area contributed by atoms with Gasteiger partial charge in [-0.1, -0.05) is 48.0 Å². The van der Waals surface area contributed by atoms with E-state index < -0.39 is 12.0 Å². The summed E-state index contributed by atoms with van der Waals surface area (Å²) in [5.41, 5.74) is 10.5. The highest BCUT2D eigenvalue weighted by atomic mass is 79.9. The molecule has 1 unspecified atom stereocenters. The van der Waals surface area contributed by atoms with Gasteiger partial charge in [-0.15, -0.1) is 0 Å². The lowest BCUT2D eigenvalue weighted by molar-refractivity contribution is -0.121. The molecule has 3 aromatic rings. The summed E-state index contributed by atoms with van der Waals surface area (Å²) in [5, 5.41) is 19.7. The Balaban J connectivity index is 0.00000181. The number of carbonyl (C=O) groups is 3. The highest BCUT2D eigenvalue weighted by molar-refractivity contribution is 9.10. The smallest absolute Gasteiger partial charge is 0.335 e. The summed E-state index contributed by atoms with van der Waals surface area (Å²) in [7, 11) is 0. The number of aromatic carboxylic acids is 1. The van der Waals surface area contributed by atoms with E-state index in [9.17, 15) is 14.4 Å². The second-order valence-corrected chi connectivity index (χ2v) is 10.2. The average Bonchev–Trinajstić information content (AvgIpc) is 2.97. The van der Waals surface area contributed by atoms with Gasteiger partial charge in [0.1, 0.15) is 6.04 Å². The number of benzene rings is 3. The number of carbonyl (C=O) groups excluding carboxylic acids is 2. The number of hydrogen-bond acceptors (Lipinski definition) is 4. The van der Waals surface area contributed by atoms with Crippen LogP contribution in [0, 0.1) is 5.41 Å². The Hall–Kier alpha value is -4.18. The molecule has 2 heterocycles. The number of hydrogen-bond donors (Lipinski definition) is 4. The minimum absolute atomic E-state index is 0.0281. The van der Waals surface area contributed by atoms with Crippen LogP contribution < -0.4 is 11.1 Å². The second-order valence-electron chi connectivity index (χ2n) is 9.37. The third-order valence-electron chi connectivity index (χ3n) is 7.08. The maximum atomic E-state index is 13.8. The van der Waals surface area contributed by atoms with Crippen molar-refractivity contribution in [3.8, 4) is 0 Å². The number of halogens is 1. The van der Waals surface area contributed by atoms with Crippen molar-refractivity contribution in [2.45, 2.75) is 39.3 Å². The van der Waals surface area contributed by atoms with E-state index in [1.54, 1.807) is 15.9 Å². The number of carboxylic acids is 1. The van der Waals surface area contributed by atoms with Gasteiger partial charge in [-0.3, -0.25) is 15.0 Å². The molecule has 3 aromatic carbocycles. The van der Waals surface area contributed by atoms with Crippen molar-refractivity contribution in [1.29, 1.82) is 5.41 Å². The monoisotopic (exact) mass is 605 g/mol. The predicted molar refractivity (Wildman–Crippen MR) is 157 cm³/mol. The Morgan fingerprint density at radius 3 is 2.35 bits per heavy atom. The molecule has 0 bridgehead atoms. The Morgan fingerprint density at radius 2 is 1.68 bits per heavy atom. The lowest BCUT2D eigenvalue weighted by atomic mass is 9.90. The van der Waals surface area contributed by atoms with Crippen LogP contribution in [0.3, 0.4) is 0 Å². The van der Waals surface area contributed by atoms with Crippen LogP contribution in [0.15, 0.2) is 65.1 Å². The number of anilines is 1. The largest absolute Gasteiger partial charge is 0.478 e. The summed E-state index contributed by atoms with van der Waals surface area (Å²) in [5.74, 6) is -1.64. The molecule has 10 heteroatoms. The molecule has 5 rings (SSSR count). The van der Waals surface area contributed by atoms with Gasteiger partial charge in [0.15, 0.2) is 5.96 Å². The van der Waals surface area contributed by atoms with Crippen LogP contribution in [-0.4, -0.2) is 51.7 Å². The molecule has 208 valence electrons. The van der Waals surface area contributed by atoms with E-state index in [1.807, 2.05) is 44.2 Å². The number of nitrogens with one attached hydrogen (secondary N) is 2. The Morgan fingerprint density at radius 1 is 0.975 bits per heavy atom. The summed E-state index contributed by atoms with van der Waals surface area (Å²) < 4.78 is 0.884. The van der Waals surface area contributed by atoms with E-state index >= 15 is 0 Å². The maximum absolute atomic E-state index is 13.8. The Labute approximate surface area is 241 Å². The first-order chi connectivity index (χ1) is 19.2. The zero-order valence-electron chi connectivity index (χ0n) is 22.4. The molecule has 0 radical (unpaired) electrons. The maximum Gasteiger partial charge on any atom is 0.335 e. The zero-order valence-corrected chi connectivity index (χ0v) is 24.0. The molecule has 0 saturated heterocycles. The summed E-state index contributed by atoms with van der Waals surface area (Å²) in [6, 6.07) is 16.2. The van der Waals surface area contributed by atoms with Crippen LogP contribution in [0.25, 0.3) is 0 Å². The van der Waals surface area contributed by atoms with Gasteiger partial charge in [-0.25, -0.2) is 4.79 Å². The summed E-state index contributed by atoms with van der Waals surface area (Å²) >= 11 is 3.59. The van der Waals surface area contributed by atoms with Gasteiger partial charge in [-0.2, -0.15) is 0 Å². The molecular weight excluding hydrogens is 574 g/mol. The lowest BCUT2D eigenvalue weighted by Gasteiger charge is -2.37. The normalized spacial score (nSPS) is 15.6. The number of nitrogens with zero attached hydrogens (tertiary/aromatic N) is 2. The zero-order chi connectivity index (χ0) is 29.0. The van der Waals surface area contributed by atoms with Gasteiger partial charge in [0.05, 0.1) is 5.56 Å². The average molecular weight is 607 g/mol. The number of rotatable bonds is 4. The van der Waals surface area contributed by atoms with E-state index in [0.717, 1.165) is 26.7 Å². The number of fused-ring (bicyclic) bond motifs is 2. The third-order valence-corrected chi connectivity index (χ3v) is 7.82. The molecule has 2 aliphatic heterocycles. The first-order valence-electron chi connectivity index (χ1n) is 13.2. The van der Waals surface area contributed by atoms with Crippen molar-refractivity contribution in [3.63, 3.8) is 0 Å². The molecule has 0 aliphatic carbocycles. The van der Waals surface area contributed by atoms with Crippen molar-refractivity contribution < 1.29 is 19.5 Å². The Bertz CT molecular complexity index is 1460. The molecular formula is C30H32BrN5O4. The molecule has 5 N–H and O–H groups in total. The molecule has 2 aliphatic rings. The van der Waals surface area contributed by atoms with Gasteiger partial charge in [0.2, 0.25) is 0 Å². The lowest BCUT2D eigenvalue weighted by Crippen LogP contribution is -2.45. The van der Waals surface area contributed by atoms with Crippen molar-refractivity contribution in [2.24, 2.45) is 5.73 Å². The molecule has 0 fully saturated rings. The van der Waals surface area contributed by atoms with Crippen molar-refractivity contribution in [2.75, 3.05) is 18.4 Å². The van der Waals surface area contributed by atoms with Crippen molar-refractivity contribution in [3.05, 3.63) is 98.5 Å². The fourth-order valence-corrected chi connectivity index (χ4v) is 5.67. The van der Waals surface area contributed by atoms with Gasteiger partial charge < -0.3 is 26.0 Å². The molecule has 1 atom stereocenters. The highest BCUT2D eigenvalue weighted by Gasteiger charge is 2.37. The van der Waals surface area contributed by atoms with Gasteiger partial charge in [0.25, 0.3) is 11.8 Å². The Kier molecular flexibility index (Phi) is 8.89. The first-order valence-corrected chi connectivity index (χ1v) is 14.0. The summed E-state index contributed by atoms with van der Waals surface area (Å²) in [6.07, 6.45) is 1.26. The fraction of sp³-hybridized carbons (Fsp3) is 0.267. The topological polar surface area (TPSA) is 140 Å². The highest BCUT2D eigenvalue weighted by Crippen LogP contribution is 2.36. The van der Waals surface area contributed by atoms with Crippen LogP contribution in [0.4, 0.5) is 5.69 Å². The van der Waals surface area contributed by atoms with Crippen LogP contribution in [0.2, 0.25) is 0 Å². The molecule has 0 spiro atoms. The van der Waals surface area contributed by atoms with E-state index in [2.05, 4.69) is 21.2 Å². The number of guanidine groups is 1. The van der Waals surface area contributed by atoms with Gasteiger partial charge in [-0.05, 0) is 77.6 Å². The standard InChI is InChI=1S/C28H26BrN5O4.C2H6/c29-23-3-1-2-22-21(23)11-13-34(24(22)25(35)32-20-8-6-16(7-9-20)27(37)38)26(36)18-4-5-19-15-33(28(30)31)12-10-17(19)14-18;1-2/h1-9,14,24H,10-13,15H2,(H3,30,31)(H,32,35)(H,37,38);1-2H3. The van der Waals surface area contributed by atoms with Crippen LogP contribution in [0.1, 0.15) is 62.9 Å². The predicted octanol–water partition coefficient (Wildman–Crippen LogP) is 4.80. The van der Waals surface area contributed by atoms with Crippen LogP contribution in [0.5, 0.6) is 0 Å². The fourth-order valence-electron chi connectivity index (χ4n) is 5.09. The summed E-state index contributed by atoms with van der Waals surface area (Å²) in [4.78, 5) is 42.1. The van der Waals surface area contributed by atoms with E-state index in [-0.39, 0.29) is 23.3 Å². The minimum Gasteiger partial charge on any atom is -0.478 e. The van der Waals surface area contributed by atoms with Crippen LogP contribution >= 0.6 is 15.9 Å². The van der Waals surface area contributed by atoms with Crippen LogP contribution in [-0.2, 0) is 24.2 Å². The van der Waals surface area contributed by atoms with E-state index in [0.29, 0.717) is 43.7 Å². The second kappa shape index (κ2) is 12.3. The first kappa shape index (κ1) is 28.8. The molecule has 40 heavy (non-hydrogen) atoms. The number of carboxylic acid groups (broad SMARTS) is 1. The SMILES string of the molecule is CC.N=C(N)N1CCc2cc(C(=O)N3CCc4c(Br)cccc4C3C(=O)Nc3ccc(C(=O)O)cc3)ccc2C1.